The smallest absolute Gasteiger partial charge is 0.227 e. The third-order valence-corrected chi connectivity index (χ3v) is 6.72. The largest absolute Gasteiger partial charge is 0.350 e. The molecule has 2 aliphatic rings. The zero-order chi connectivity index (χ0) is 22.9. The minimum atomic E-state index is -0.443. The highest BCUT2D eigenvalue weighted by atomic mass is 35.5. The highest BCUT2D eigenvalue weighted by Gasteiger charge is 2.28. The molecule has 5 rings (SSSR count). The van der Waals surface area contributed by atoms with E-state index in [0.717, 1.165) is 62.6 Å². The van der Waals surface area contributed by atoms with Crippen molar-refractivity contribution in [2.45, 2.75) is 25.8 Å². The van der Waals surface area contributed by atoms with Crippen LogP contribution in [0.4, 0.5) is 22.0 Å². The Morgan fingerprint density at radius 2 is 1.73 bits per heavy atom. The number of rotatable bonds is 4. The van der Waals surface area contributed by atoms with Gasteiger partial charge in [0, 0.05) is 62.8 Å². The van der Waals surface area contributed by atoms with Crippen molar-refractivity contribution in [2.24, 2.45) is 0 Å². The molecule has 0 spiro atoms. The van der Waals surface area contributed by atoms with Crippen molar-refractivity contribution in [3.8, 4) is 11.3 Å². The van der Waals surface area contributed by atoms with Gasteiger partial charge in [0.15, 0.2) is 11.0 Å². The van der Waals surface area contributed by atoms with Crippen LogP contribution in [0.2, 0.25) is 10.2 Å². The number of benzene rings is 1. The number of hydrogen-bond acceptors (Lipinski definition) is 7. The summed E-state index contributed by atoms with van der Waals surface area (Å²) in [7, 11) is 0. The third-order valence-electron chi connectivity index (χ3n) is 6.16. The summed E-state index contributed by atoms with van der Waals surface area (Å²) < 4.78 is 13.8. The Kier molecular flexibility index (Phi) is 6.21. The van der Waals surface area contributed by atoms with E-state index in [4.69, 9.17) is 33.2 Å². The van der Waals surface area contributed by atoms with Gasteiger partial charge in [0.2, 0.25) is 5.95 Å². The van der Waals surface area contributed by atoms with Gasteiger partial charge in [-0.25, -0.2) is 19.3 Å². The second-order valence-electron chi connectivity index (χ2n) is 8.39. The number of nitrogens with zero attached hydrogens (tertiary/aromatic N) is 7. The Bertz CT molecular complexity index is 1160. The quantitative estimate of drug-likeness (QED) is 0.528. The molecule has 0 amide bonds. The van der Waals surface area contributed by atoms with Crippen molar-refractivity contribution < 1.29 is 4.39 Å². The van der Waals surface area contributed by atoms with Gasteiger partial charge in [-0.3, -0.25) is 0 Å². The predicted molar refractivity (Wildman–Crippen MR) is 130 cm³/mol. The Morgan fingerprint density at radius 3 is 2.45 bits per heavy atom. The van der Waals surface area contributed by atoms with E-state index >= 15 is 0 Å². The highest BCUT2D eigenvalue weighted by Crippen LogP contribution is 2.31. The molecular weight excluding hydrogens is 464 g/mol. The lowest BCUT2D eigenvalue weighted by Gasteiger charge is -2.41. The van der Waals surface area contributed by atoms with Crippen molar-refractivity contribution in [2.75, 3.05) is 47.4 Å². The second kappa shape index (κ2) is 9.27. The molecule has 33 heavy (non-hydrogen) atoms. The minimum absolute atomic E-state index is 0.0817. The summed E-state index contributed by atoms with van der Waals surface area (Å²) in [4.78, 5) is 24.9. The molecule has 1 aromatic carbocycles. The van der Waals surface area contributed by atoms with Crippen LogP contribution in [0.1, 0.15) is 19.8 Å². The van der Waals surface area contributed by atoms with Crippen LogP contribution in [0, 0.1) is 5.82 Å². The van der Waals surface area contributed by atoms with E-state index in [9.17, 15) is 4.39 Å². The first-order valence-electron chi connectivity index (χ1n) is 11.1. The number of piperazine rings is 1. The summed E-state index contributed by atoms with van der Waals surface area (Å²) in [6, 6.07) is 6.82. The zero-order valence-corrected chi connectivity index (χ0v) is 19.8. The van der Waals surface area contributed by atoms with Gasteiger partial charge in [0.25, 0.3) is 0 Å². The summed E-state index contributed by atoms with van der Waals surface area (Å²) in [5, 5.41) is 0.491. The summed E-state index contributed by atoms with van der Waals surface area (Å²) in [5.74, 6) is 1.81. The molecule has 0 aliphatic carbocycles. The molecule has 172 valence electrons. The van der Waals surface area contributed by atoms with Gasteiger partial charge in [-0.1, -0.05) is 23.2 Å². The van der Waals surface area contributed by atoms with Gasteiger partial charge in [0.05, 0.1) is 10.7 Å². The Hall–Kier alpha value is -2.71. The van der Waals surface area contributed by atoms with Crippen LogP contribution in [-0.2, 0) is 0 Å². The molecule has 0 N–H and O–H groups in total. The number of hydrogen-bond donors (Lipinski definition) is 0. The van der Waals surface area contributed by atoms with Gasteiger partial charge < -0.3 is 14.7 Å². The van der Waals surface area contributed by atoms with Crippen LogP contribution >= 0.6 is 23.2 Å². The van der Waals surface area contributed by atoms with Gasteiger partial charge in [-0.2, -0.15) is 4.98 Å². The normalized spacial score (nSPS) is 18.8. The SMILES string of the molecule is C[C@@H]1CN(c2nccnc2Cl)CCN1c1cc(-c2ccc(F)c(Cl)c2)nc(N2CCCC2)n1. The highest BCUT2D eigenvalue weighted by molar-refractivity contribution is 6.31. The van der Waals surface area contributed by atoms with Crippen molar-refractivity contribution in [3.63, 3.8) is 0 Å². The van der Waals surface area contributed by atoms with Crippen molar-refractivity contribution in [1.82, 2.24) is 19.9 Å². The van der Waals surface area contributed by atoms with Gasteiger partial charge in [0.1, 0.15) is 11.6 Å². The van der Waals surface area contributed by atoms with Crippen LogP contribution in [0.25, 0.3) is 11.3 Å². The molecule has 7 nitrogen and oxygen atoms in total. The number of anilines is 3. The van der Waals surface area contributed by atoms with E-state index in [2.05, 4.69) is 31.6 Å². The van der Waals surface area contributed by atoms with Crippen LogP contribution in [0.3, 0.4) is 0 Å². The zero-order valence-electron chi connectivity index (χ0n) is 18.3. The Morgan fingerprint density at radius 1 is 0.939 bits per heavy atom. The molecule has 2 aliphatic heterocycles. The monoisotopic (exact) mass is 487 g/mol. The third kappa shape index (κ3) is 4.54. The predicted octanol–water partition coefficient (Wildman–Crippen LogP) is 4.69. The van der Waals surface area contributed by atoms with Crippen molar-refractivity contribution in [3.05, 3.63) is 52.7 Å². The van der Waals surface area contributed by atoms with Crippen LogP contribution in [0.5, 0.6) is 0 Å². The molecule has 0 bridgehead atoms. The van der Waals surface area contributed by atoms with Crippen molar-refractivity contribution >= 4 is 40.8 Å². The number of aromatic nitrogens is 4. The first-order chi connectivity index (χ1) is 16.0. The molecule has 0 unspecified atom stereocenters. The minimum Gasteiger partial charge on any atom is -0.350 e. The lowest BCUT2D eigenvalue weighted by atomic mass is 10.1. The molecule has 0 saturated carbocycles. The van der Waals surface area contributed by atoms with Gasteiger partial charge in [-0.05, 0) is 38.0 Å². The fourth-order valence-electron chi connectivity index (χ4n) is 4.45. The van der Waals surface area contributed by atoms with Crippen LogP contribution in [0.15, 0.2) is 36.7 Å². The van der Waals surface area contributed by atoms with Gasteiger partial charge in [-0.15, -0.1) is 0 Å². The Labute approximate surface area is 202 Å². The first-order valence-corrected chi connectivity index (χ1v) is 11.8. The molecular formula is C23H24Cl2FN7. The second-order valence-corrected chi connectivity index (χ2v) is 9.16. The molecule has 2 fully saturated rings. The maximum Gasteiger partial charge on any atom is 0.227 e. The van der Waals surface area contributed by atoms with E-state index in [1.165, 1.54) is 6.07 Å². The molecule has 3 aromatic rings. The molecule has 10 heteroatoms. The standard InChI is InChI=1S/C23H24Cl2FN7/c1-15-14-32(22-21(25)27-6-7-28-22)10-11-33(15)20-13-19(16-4-5-18(26)17(24)12-16)29-23(30-20)31-8-2-3-9-31/h4-7,12-13,15H,2-3,8-11,14H2,1H3/t15-/m1/s1. The van der Waals surface area contributed by atoms with Crippen molar-refractivity contribution in [1.29, 1.82) is 0 Å². The molecule has 0 radical (unpaired) electrons. The molecule has 4 heterocycles. The Balaban J connectivity index is 1.47. The fraction of sp³-hybridized carbons (Fsp3) is 0.391. The van der Waals surface area contributed by atoms with E-state index in [0.29, 0.717) is 16.9 Å². The molecule has 1 atom stereocenters. The lowest BCUT2D eigenvalue weighted by Crippen LogP contribution is -2.52. The lowest BCUT2D eigenvalue weighted by molar-refractivity contribution is 0.542. The van der Waals surface area contributed by atoms with E-state index in [-0.39, 0.29) is 11.1 Å². The number of halogens is 3. The van der Waals surface area contributed by atoms with Gasteiger partial charge >= 0.3 is 0 Å². The maximum atomic E-state index is 13.8. The molecule has 2 saturated heterocycles. The first kappa shape index (κ1) is 22.1. The average Bonchev–Trinajstić information content (AvgIpc) is 3.36. The van der Waals surface area contributed by atoms with Crippen LogP contribution < -0.4 is 14.7 Å². The molecule has 2 aromatic heterocycles. The fourth-order valence-corrected chi connectivity index (χ4v) is 4.85. The summed E-state index contributed by atoms with van der Waals surface area (Å²) >= 11 is 12.3. The average molecular weight is 488 g/mol. The summed E-state index contributed by atoms with van der Waals surface area (Å²) in [5.41, 5.74) is 1.50. The van der Waals surface area contributed by atoms with E-state index < -0.39 is 5.82 Å². The van der Waals surface area contributed by atoms with E-state index in [1.54, 1.807) is 24.5 Å². The topological polar surface area (TPSA) is 61.3 Å². The summed E-state index contributed by atoms with van der Waals surface area (Å²) in [6.07, 6.45) is 5.50. The van der Waals surface area contributed by atoms with Crippen LogP contribution in [-0.4, -0.2) is 58.7 Å². The maximum absolute atomic E-state index is 13.8. The van der Waals surface area contributed by atoms with E-state index in [1.807, 2.05) is 6.07 Å². The summed E-state index contributed by atoms with van der Waals surface area (Å²) in [6.45, 7) is 6.24.